The number of hydrogen-bond donors (Lipinski definition) is 2. The van der Waals surface area contributed by atoms with Gasteiger partial charge in [-0.25, -0.2) is 4.98 Å². The van der Waals surface area contributed by atoms with E-state index in [4.69, 9.17) is 0 Å². The van der Waals surface area contributed by atoms with Gasteiger partial charge in [-0.05, 0) is 50.1 Å². The van der Waals surface area contributed by atoms with Crippen LogP contribution in [0.3, 0.4) is 0 Å². The van der Waals surface area contributed by atoms with Gasteiger partial charge in [-0.1, -0.05) is 23.8 Å². The fourth-order valence-corrected chi connectivity index (χ4v) is 4.42. The minimum atomic E-state index is -0.352. The van der Waals surface area contributed by atoms with Gasteiger partial charge in [-0.2, -0.15) is 0 Å². The van der Waals surface area contributed by atoms with E-state index in [1.165, 1.54) is 16.9 Å². The third-order valence-electron chi connectivity index (χ3n) is 5.33. The Morgan fingerprint density at radius 3 is 2.59 bits per heavy atom. The number of aromatic nitrogens is 1. The van der Waals surface area contributed by atoms with E-state index >= 15 is 0 Å². The average molecular weight is 449 g/mol. The second-order valence-electron chi connectivity index (χ2n) is 7.78. The molecule has 1 aliphatic rings. The predicted molar refractivity (Wildman–Crippen MR) is 126 cm³/mol. The minimum Gasteiger partial charge on any atom is -0.343 e. The van der Waals surface area contributed by atoms with Crippen molar-refractivity contribution in [2.75, 3.05) is 23.3 Å². The Morgan fingerprint density at radius 1 is 1.12 bits per heavy atom. The van der Waals surface area contributed by atoms with Gasteiger partial charge in [0.25, 0.3) is 5.91 Å². The molecule has 2 N–H and O–H groups in total. The van der Waals surface area contributed by atoms with Gasteiger partial charge in [0.05, 0.1) is 12.2 Å². The highest BCUT2D eigenvalue weighted by molar-refractivity contribution is 7.14. The van der Waals surface area contributed by atoms with Crippen molar-refractivity contribution in [2.24, 2.45) is 0 Å². The van der Waals surface area contributed by atoms with Crippen LogP contribution in [0.5, 0.6) is 0 Å². The van der Waals surface area contributed by atoms with Crippen LogP contribution in [-0.4, -0.2) is 35.8 Å². The zero-order valence-electron chi connectivity index (χ0n) is 18.0. The van der Waals surface area contributed by atoms with E-state index < -0.39 is 0 Å². The van der Waals surface area contributed by atoms with Crippen LogP contribution in [0.15, 0.2) is 47.8 Å². The fraction of sp³-hybridized carbons (Fsp3) is 0.250. The van der Waals surface area contributed by atoms with Gasteiger partial charge < -0.3 is 15.5 Å². The summed E-state index contributed by atoms with van der Waals surface area (Å²) in [4.78, 5) is 42.7. The summed E-state index contributed by atoms with van der Waals surface area (Å²) >= 11 is 1.34. The molecule has 164 valence electrons. The van der Waals surface area contributed by atoms with Gasteiger partial charge in [0.1, 0.15) is 0 Å². The number of carbonyl (C=O) groups excluding carboxylic acids is 3. The number of benzene rings is 2. The lowest BCUT2D eigenvalue weighted by molar-refractivity contribution is -0.117. The molecule has 2 aromatic carbocycles. The summed E-state index contributed by atoms with van der Waals surface area (Å²) < 4.78 is 0. The molecule has 0 saturated carbocycles. The number of hydrogen-bond acceptors (Lipinski definition) is 5. The molecule has 7 nitrogen and oxygen atoms in total. The number of thiazole rings is 1. The van der Waals surface area contributed by atoms with E-state index in [1.807, 2.05) is 31.4 Å². The molecule has 0 spiro atoms. The van der Waals surface area contributed by atoms with Crippen LogP contribution in [0, 0.1) is 13.8 Å². The molecule has 0 aliphatic carbocycles. The molecule has 0 bridgehead atoms. The molecule has 0 atom stereocenters. The average Bonchev–Trinajstić information content (AvgIpc) is 3.41. The molecule has 1 fully saturated rings. The maximum Gasteiger partial charge on any atom is 0.251 e. The number of anilines is 2. The van der Waals surface area contributed by atoms with Gasteiger partial charge in [-0.15, -0.1) is 11.3 Å². The molecular formula is C24H24N4O3S. The van der Waals surface area contributed by atoms with E-state index in [0.29, 0.717) is 23.7 Å². The van der Waals surface area contributed by atoms with Crippen LogP contribution in [0.25, 0.3) is 11.3 Å². The molecular weight excluding hydrogens is 424 g/mol. The maximum atomic E-state index is 12.4. The van der Waals surface area contributed by atoms with Crippen LogP contribution in [0.1, 0.15) is 34.3 Å². The van der Waals surface area contributed by atoms with Gasteiger partial charge >= 0.3 is 0 Å². The molecule has 1 aromatic heterocycles. The quantitative estimate of drug-likeness (QED) is 0.598. The van der Waals surface area contributed by atoms with Gasteiger partial charge in [0.15, 0.2) is 5.13 Å². The molecule has 0 radical (unpaired) electrons. The SMILES string of the molecule is Cc1ccc(-c2csc(NC(=O)CNC(=O)c3ccc(N4CCCC4=O)cc3)n2)c(C)c1. The molecule has 3 aromatic rings. The minimum absolute atomic E-state index is 0.0988. The van der Waals surface area contributed by atoms with Crippen molar-refractivity contribution < 1.29 is 14.4 Å². The van der Waals surface area contributed by atoms with Crippen molar-refractivity contribution in [1.82, 2.24) is 10.3 Å². The van der Waals surface area contributed by atoms with Crippen LogP contribution >= 0.6 is 11.3 Å². The Kier molecular flexibility index (Phi) is 6.32. The molecule has 0 unspecified atom stereocenters. The molecule has 2 heterocycles. The summed E-state index contributed by atoms with van der Waals surface area (Å²) in [6, 6.07) is 13.0. The third kappa shape index (κ3) is 4.86. The summed E-state index contributed by atoms with van der Waals surface area (Å²) in [6.07, 6.45) is 1.41. The van der Waals surface area contributed by atoms with Crippen molar-refractivity contribution in [2.45, 2.75) is 26.7 Å². The maximum absolute atomic E-state index is 12.4. The van der Waals surface area contributed by atoms with E-state index in [2.05, 4.69) is 21.7 Å². The van der Waals surface area contributed by atoms with Crippen LogP contribution in [0.4, 0.5) is 10.8 Å². The highest BCUT2D eigenvalue weighted by Gasteiger charge is 2.21. The Hall–Kier alpha value is -3.52. The number of nitrogens with one attached hydrogen (secondary N) is 2. The summed E-state index contributed by atoms with van der Waals surface area (Å²) in [5.41, 5.74) is 5.36. The molecule has 3 amide bonds. The second kappa shape index (κ2) is 9.32. The fourth-order valence-electron chi connectivity index (χ4n) is 3.70. The van der Waals surface area contributed by atoms with Crippen molar-refractivity contribution >= 4 is 39.9 Å². The van der Waals surface area contributed by atoms with Gasteiger partial charge in [0.2, 0.25) is 11.8 Å². The number of rotatable bonds is 6. The molecule has 4 rings (SSSR count). The first-order valence-electron chi connectivity index (χ1n) is 10.4. The summed E-state index contributed by atoms with van der Waals surface area (Å²) in [7, 11) is 0. The highest BCUT2D eigenvalue weighted by Crippen LogP contribution is 2.28. The van der Waals surface area contributed by atoms with Gasteiger partial charge in [-0.3, -0.25) is 14.4 Å². The van der Waals surface area contributed by atoms with Crippen molar-refractivity contribution in [3.63, 3.8) is 0 Å². The predicted octanol–water partition coefficient (Wildman–Crippen LogP) is 3.92. The number of amides is 3. The summed E-state index contributed by atoms with van der Waals surface area (Å²) in [6.45, 7) is 4.61. The summed E-state index contributed by atoms with van der Waals surface area (Å²) in [5.74, 6) is -0.601. The van der Waals surface area contributed by atoms with Crippen molar-refractivity contribution in [1.29, 1.82) is 0 Å². The van der Waals surface area contributed by atoms with Crippen molar-refractivity contribution in [3.8, 4) is 11.3 Å². The zero-order valence-corrected chi connectivity index (χ0v) is 18.8. The highest BCUT2D eigenvalue weighted by atomic mass is 32.1. The Morgan fingerprint density at radius 2 is 1.91 bits per heavy atom. The van der Waals surface area contributed by atoms with E-state index in [0.717, 1.165) is 28.9 Å². The standard InChI is InChI=1S/C24H24N4O3S/c1-15-5-10-19(16(2)12-15)20-14-32-24(26-20)27-21(29)13-25-23(31)17-6-8-18(9-7-17)28-11-3-4-22(28)30/h5-10,12,14H,3-4,11,13H2,1-2H3,(H,25,31)(H,26,27,29). The molecule has 1 saturated heterocycles. The van der Waals surface area contributed by atoms with Crippen molar-refractivity contribution in [3.05, 3.63) is 64.5 Å². The lowest BCUT2D eigenvalue weighted by atomic mass is 10.0. The Labute approximate surface area is 190 Å². The Bertz CT molecular complexity index is 1170. The third-order valence-corrected chi connectivity index (χ3v) is 6.09. The topological polar surface area (TPSA) is 91.4 Å². The normalized spacial score (nSPS) is 13.3. The summed E-state index contributed by atoms with van der Waals surface area (Å²) in [5, 5.41) is 7.73. The van der Waals surface area contributed by atoms with Gasteiger partial charge in [0, 0.05) is 35.2 Å². The smallest absolute Gasteiger partial charge is 0.251 e. The second-order valence-corrected chi connectivity index (χ2v) is 8.64. The lowest BCUT2D eigenvalue weighted by Gasteiger charge is -2.15. The zero-order chi connectivity index (χ0) is 22.7. The first kappa shape index (κ1) is 21.7. The first-order chi connectivity index (χ1) is 15.4. The molecule has 1 aliphatic heterocycles. The monoisotopic (exact) mass is 448 g/mol. The number of aryl methyl sites for hydroxylation is 2. The van der Waals surface area contributed by atoms with Crippen LogP contribution in [0.2, 0.25) is 0 Å². The Balaban J connectivity index is 1.31. The largest absolute Gasteiger partial charge is 0.343 e. The number of carbonyl (C=O) groups is 3. The van der Waals surface area contributed by atoms with Crippen LogP contribution < -0.4 is 15.5 Å². The lowest BCUT2D eigenvalue weighted by Crippen LogP contribution is -2.32. The van der Waals surface area contributed by atoms with E-state index in [-0.39, 0.29) is 24.3 Å². The first-order valence-corrected chi connectivity index (χ1v) is 11.3. The van der Waals surface area contributed by atoms with E-state index in [1.54, 1.807) is 29.2 Å². The van der Waals surface area contributed by atoms with E-state index in [9.17, 15) is 14.4 Å². The number of nitrogens with zero attached hydrogens (tertiary/aromatic N) is 2. The molecule has 8 heteroatoms. The van der Waals surface area contributed by atoms with Crippen LogP contribution in [-0.2, 0) is 9.59 Å². The molecule has 32 heavy (non-hydrogen) atoms.